The van der Waals surface area contributed by atoms with Crippen molar-refractivity contribution in [2.45, 2.75) is 63.9 Å². The maximum Gasteiger partial charge on any atom is 0.303 e. The van der Waals surface area contributed by atoms with Crippen LogP contribution in [-0.4, -0.2) is 18.7 Å². The molecule has 5 atom stereocenters. The Morgan fingerprint density at radius 3 is 2.77 bits per heavy atom. The summed E-state index contributed by atoms with van der Waals surface area (Å²) in [6.07, 6.45) is 8.56. The lowest BCUT2D eigenvalue weighted by Gasteiger charge is -2.53. The highest BCUT2D eigenvalue weighted by molar-refractivity contribution is 5.67. The van der Waals surface area contributed by atoms with E-state index in [2.05, 4.69) is 31.7 Å². The molecule has 140 valence electrons. The molecule has 2 saturated carbocycles. The number of hydrogen-bond donors (Lipinski definition) is 0. The number of rotatable bonds is 3. The van der Waals surface area contributed by atoms with Crippen LogP contribution in [0.15, 0.2) is 30.9 Å². The third-order valence-corrected chi connectivity index (χ3v) is 7.77. The molecule has 3 nitrogen and oxygen atoms in total. The van der Waals surface area contributed by atoms with Crippen molar-refractivity contribution in [3.63, 3.8) is 0 Å². The van der Waals surface area contributed by atoms with Crippen LogP contribution in [-0.2, 0) is 16.0 Å². The molecular weight excluding hydrogens is 324 g/mol. The minimum absolute atomic E-state index is 0.00552. The second-order valence-corrected chi connectivity index (χ2v) is 8.66. The van der Waals surface area contributed by atoms with Crippen molar-refractivity contribution < 1.29 is 14.3 Å². The summed E-state index contributed by atoms with van der Waals surface area (Å²) in [5.41, 5.74) is 2.50. The van der Waals surface area contributed by atoms with E-state index in [0.29, 0.717) is 17.8 Å². The normalized spacial score (nSPS) is 37.9. The number of carbonyl (C=O) groups excluding carboxylic acids is 1. The van der Waals surface area contributed by atoms with Crippen LogP contribution in [0.4, 0.5) is 0 Å². The highest BCUT2D eigenvalue weighted by Crippen LogP contribution is 2.65. The van der Waals surface area contributed by atoms with Gasteiger partial charge in [0.25, 0.3) is 0 Å². The van der Waals surface area contributed by atoms with Crippen LogP contribution in [0, 0.1) is 17.3 Å². The molecule has 0 aromatic heterocycles. The first-order valence-corrected chi connectivity index (χ1v) is 9.94. The van der Waals surface area contributed by atoms with Crippen molar-refractivity contribution in [1.82, 2.24) is 0 Å². The van der Waals surface area contributed by atoms with Crippen LogP contribution < -0.4 is 4.74 Å². The maximum absolute atomic E-state index is 11.8. The van der Waals surface area contributed by atoms with Gasteiger partial charge in [-0.15, -0.1) is 0 Å². The fraction of sp³-hybridized carbons (Fsp3) is 0.609. The van der Waals surface area contributed by atoms with Crippen LogP contribution in [0.3, 0.4) is 0 Å². The van der Waals surface area contributed by atoms with Crippen molar-refractivity contribution >= 4 is 5.97 Å². The second-order valence-electron chi connectivity index (χ2n) is 8.66. The molecule has 3 heteroatoms. The Bertz CT molecular complexity index is 739. The van der Waals surface area contributed by atoms with Gasteiger partial charge in [-0.1, -0.05) is 19.6 Å². The van der Waals surface area contributed by atoms with E-state index in [0.717, 1.165) is 37.9 Å². The van der Waals surface area contributed by atoms with E-state index in [1.54, 1.807) is 7.11 Å². The zero-order valence-corrected chi connectivity index (χ0v) is 16.2. The predicted octanol–water partition coefficient (Wildman–Crippen LogP) is 5.04. The van der Waals surface area contributed by atoms with E-state index < -0.39 is 5.60 Å². The topological polar surface area (TPSA) is 35.5 Å². The molecule has 1 aromatic rings. The quantitative estimate of drug-likeness (QED) is 0.563. The number of hydrogen-bond acceptors (Lipinski definition) is 3. The Hall–Kier alpha value is -1.77. The average Bonchev–Trinajstić information content (AvgIpc) is 2.93. The molecule has 26 heavy (non-hydrogen) atoms. The van der Waals surface area contributed by atoms with Crippen molar-refractivity contribution in [2.24, 2.45) is 17.3 Å². The van der Waals surface area contributed by atoms with Crippen LogP contribution in [0.1, 0.15) is 63.0 Å². The van der Waals surface area contributed by atoms with Gasteiger partial charge in [-0.25, -0.2) is 0 Å². The minimum Gasteiger partial charge on any atom is -0.497 e. The Morgan fingerprint density at radius 2 is 2.08 bits per heavy atom. The molecule has 3 aliphatic rings. The first-order valence-electron chi connectivity index (χ1n) is 9.94. The first-order chi connectivity index (χ1) is 12.4. The number of fused-ring (bicyclic) bond motifs is 5. The highest BCUT2D eigenvalue weighted by Gasteiger charge is 2.62. The SMILES string of the molecule is C=C[C@]1(OC(C)=O)CCC2C3CCc4cc(OC)ccc4C3CC[C@@]21C. The Morgan fingerprint density at radius 1 is 1.27 bits per heavy atom. The van der Waals surface area contributed by atoms with Crippen LogP contribution in [0.2, 0.25) is 0 Å². The monoisotopic (exact) mass is 354 g/mol. The zero-order valence-electron chi connectivity index (χ0n) is 16.2. The Labute approximate surface area is 156 Å². The molecule has 0 bridgehead atoms. The van der Waals surface area contributed by atoms with Gasteiger partial charge >= 0.3 is 5.97 Å². The largest absolute Gasteiger partial charge is 0.497 e. The summed E-state index contributed by atoms with van der Waals surface area (Å²) in [6, 6.07) is 6.62. The fourth-order valence-electron chi connectivity index (χ4n) is 6.52. The molecule has 0 spiro atoms. The summed E-state index contributed by atoms with van der Waals surface area (Å²) in [4.78, 5) is 11.8. The summed E-state index contributed by atoms with van der Waals surface area (Å²) in [6.45, 7) is 7.94. The van der Waals surface area contributed by atoms with Crippen molar-refractivity contribution in [3.05, 3.63) is 42.0 Å². The van der Waals surface area contributed by atoms with Crippen LogP contribution in [0.25, 0.3) is 0 Å². The number of carbonyl (C=O) groups is 1. The standard InChI is InChI=1S/C23H30O3/c1-5-23(26-15(2)24)13-11-21-20-8-6-16-14-17(25-4)7-9-18(16)19(20)10-12-22(21,23)3/h5,7,9,14,19-21H,1,6,8,10-13H2,2-4H3/t19?,20?,21?,22-,23-/m0/s1. The lowest BCUT2D eigenvalue weighted by atomic mass is 9.53. The second kappa shape index (κ2) is 6.14. The third-order valence-electron chi connectivity index (χ3n) is 7.77. The number of benzene rings is 1. The van der Waals surface area contributed by atoms with E-state index in [4.69, 9.17) is 9.47 Å². The number of ether oxygens (including phenoxy) is 2. The summed E-state index contributed by atoms with van der Waals surface area (Å²) in [5.74, 6) is 2.67. The molecule has 2 fully saturated rings. The third kappa shape index (κ3) is 2.35. The fourth-order valence-corrected chi connectivity index (χ4v) is 6.52. The highest BCUT2D eigenvalue weighted by atomic mass is 16.6. The molecule has 3 aliphatic carbocycles. The lowest BCUT2D eigenvalue weighted by molar-refractivity contribution is -0.167. The predicted molar refractivity (Wildman–Crippen MR) is 102 cm³/mol. The van der Waals surface area contributed by atoms with Gasteiger partial charge in [-0.3, -0.25) is 4.79 Å². The molecule has 4 rings (SSSR count). The minimum atomic E-state index is -0.491. The van der Waals surface area contributed by atoms with Gasteiger partial charge in [0.2, 0.25) is 0 Å². The van der Waals surface area contributed by atoms with Gasteiger partial charge in [0.05, 0.1) is 7.11 Å². The van der Waals surface area contributed by atoms with Gasteiger partial charge in [-0.2, -0.15) is 0 Å². The molecule has 0 radical (unpaired) electrons. The number of esters is 1. The Balaban J connectivity index is 1.67. The summed E-state index contributed by atoms with van der Waals surface area (Å²) in [5, 5.41) is 0. The summed E-state index contributed by atoms with van der Waals surface area (Å²) in [7, 11) is 1.74. The molecule has 0 aliphatic heterocycles. The first kappa shape index (κ1) is 17.6. The van der Waals surface area contributed by atoms with Gasteiger partial charge in [0.1, 0.15) is 11.4 Å². The van der Waals surface area contributed by atoms with E-state index in [1.807, 2.05) is 6.08 Å². The zero-order chi connectivity index (χ0) is 18.5. The molecule has 3 unspecified atom stereocenters. The maximum atomic E-state index is 11.8. The van der Waals surface area contributed by atoms with Gasteiger partial charge in [-0.05, 0) is 85.6 Å². The number of methoxy groups -OCH3 is 1. The van der Waals surface area contributed by atoms with Crippen LogP contribution in [0.5, 0.6) is 5.75 Å². The Kier molecular flexibility index (Phi) is 4.17. The van der Waals surface area contributed by atoms with Crippen LogP contribution >= 0.6 is 0 Å². The van der Waals surface area contributed by atoms with Gasteiger partial charge in [0, 0.05) is 12.3 Å². The average molecular weight is 354 g/mol. The molecule has 1 aromatic carbocycles. The van der Waals surface area contributed by atoms with Gasteiger partial charge in [0.15, 0.2) is 0 Å². The van der Waals surface area contributed by atoms with E-state index in [1.165, 1.54) is 24.5 Å². The lowest BCUT2D eigenvalue weighted by Crippen LogP contribution is -2.51. The molecule has 0 N–H and O–H groups in total. The van der Waals surface area contributed by atoms with Crippen molar-refractivity contribution in [1.29, 1.82) is 0 Å². The van der Waals surface area contributed by atoms with E-state index in [9.17, 15) is 4.79 Å². The molecule has 0 saturated heterocycles. The smallest absolute Gasteiger partial charge is 0.303 e. The van der Waals surface area contributed by atoms with Crippen molar-refractivity contribution in [3.8, 4) is 5.75 Å². The molecular formula is C23H30O3. The van der Waals surface area contributed by atoms with E-state index in [-0.39, 0.29) is 11.4 Å². The molecule has 0 amide bonds. The summed E-state index contributed by atoms with van der Waals surface area (Å²) < 4.78 is 11.3. The molecule has 0 heterocycles. The summed E-state index contributed by atoms with van der Waals surface area (Å²) >= 11 is 0. The number of aryl methyl sites for hydroxylation is 1. The van der Waals surface area contributed by atoms with Crippen molar-refractivity contribution in [2.75, 3.05) is 7.11 Å². The van der Waals surface area contributed by atoms with E-state index >= 15 is 0 Å². The van der Waals surface area contributed by atoms with Gasteiger partial charge < -0.3 is 9.47 Å².